The van der Waals surface area contributed by atoms with Crippen molar-refractivity contribution in [2.75, 3.05) is 51.3 Å². The van der Waals surface area contributed by atoms with Crippen LogP contribution in [0, 0.1) is 0 Å². The van der Waals surface area contributed by atoms with Crippen LogP contribution in [0.15, 0.2) is 48.5 Å². The number of anilines is 1. The minimum Gasteiger partial charge on any atom is -0.495 e. The highest BCUT2D eigenvalue weighted by molar-refractivity contribution is 5.96. The number of carbonyl (C=O) groups excluding carboxylic acids is 2. The van der Waals surface area contributed by atoms with E-state index in [1.165, 1.54) is 0 Å². The molecule has 7 heteroatoms. The molecular weight excluding hydrogens is 394 g/mol. The van der Waals surface area contributed by atoms with E-state index in [4.69, 9.17) is 9.47 Å². The average molecular weight is 426 g/mol. The SMILES string of the molecule is CCCCOc1ccc(C(=O)NCC(=O)N2CCN(c3ccccc3OC)CC2)cc1. The standard InChI is InChI=1S/C24H31N3O4/c1-3-4-17-31-20-11-9-19(10-12-20)24(29)25-18-23(28)27-15-13-26(14-16-27)21-7-5-6-8-22(21)30-2/h5-12H,3-4,13-18H2,1-2H3,(H,25,29). The maximum Gasteiger partial charge on any atom is 0.251 e. The van der Waals surface area contributed by atoms with Crippen molar-refractivity contribution in [3.63, 3.8) is 0 Å². The monoisotopic (exact) mass is 425 g/mol. The topological polar surface area (TPSA) is 71.1 Å². The van der Waals surface area contributed by atoms with Crippen LogP contribution in [0.25, 0.3) is 0 Å². The molecule has 1 fully saturated rings. The fourth-order valence-corrected chi connectivity index (χ4v) is 3.49. The molecule has 2 amide bonds. The van der Waals surface area contributed by atoms with Gasteiger partial charge in [0.25, 0.3) is 5.91 Å². The van der Waals surface area contributed by atoms with E-state index in [1.807, 2.05) is 24.3 Å². The van der Waals surface area contributed by atoms with Gasteiger partial charge in [-0.05, 0) is 42.8 Å². The number of benzene rings is 2. The lowest BCUT2D eigenvalue weighted by Gasteiger charge is -2.36. The zero-order valence-corrected chi connectivity index (χ0v) is 18.3. The van der Waals surface area contributed by atoms with Gasteiger partial charge < -0.3 is 24.6 Å². The number of hydrogen-bond donors (Lipinski definition) is 1. The summed E-state index contributed by atoms with van der Waals surface area (Å²) in [6, 6.07) is 14.9. The van der Waals surface area contributed by atoms with Gasteiger partial charge in [-0.3, -0.25) is 9.59 Å². The fourth-order valence-electron chi connectivity index (χ4n) is 3.49. The van der Waals surface area contributed by atoms with Crippen molar-refractivity contribution in [2.45, 2.75) is 19.8 Å². The summed E-state index contributed by atoms with van der Waals surface area (Å²) < 4.78 is 11.0. The molecule has 0 saturated carbocycles. The predicted octanol–water partition coefficient (Wildman–Crippen LogP) is 2.95. The number of ether oxygens (including phenoxy) is 2. The van der Waals surface area contributed by atoms with Gasteiger partial charge in [-0.1, -0.05) is 25.5 Å². The Hall–Kier alpha value is -3.22. The fraction of sp³-hybridized carbons (Fsp3) is 0.417. The van der Waals surface area contributed by atoms with E-state index in [0.29, 0.717) is 25.3 Å². The zero-order chi connectivity index (χ0) is 22.1. The maximum atomic E-state index is 12.5. The molecule has 0 aliphatic carbocycles. The summed E-state index contributed by atoms with van der Waals surface area (Å²) in [6.45, 7) is 5.42. The zero-order valence-electron chi connectivity index (χ0n) is 18.3. The van der Waals surface area contributed by atoms with E-state index in [-0.39, 0.29) is 18.4 Å². The van der Waals surface area contributed by atoms with E-state index in [9.17, 15) is 9.59 Å². The van der Waals surface area contributed by atoms with Crippen LogP contribution in [0.3, 0.4) is 0 Å². The Morgan fingerprint density at radius 2 is 1.71 bits per heavy atom. The summed E-state index contributed by atoms with van der Waals surface area (Å²) in [5.74, 6) is 1.24. The smallest absolute Gasteiger partial charge is 0.251 e. The van der Waals surface area contributed by atoms with E-state index in [1.54, 1.807) is 36.3 Å². The minimum atomic E-state index is -0.263. The van der Waals surface area contributed by atoms with Gasteiger partial charge in [0, 0.05) is 31.7 Å². The molecule has 3 rings (SSSR count). The quantitative estimate of drug-likeness (QED) is 0.626. The first-order valence-electron chi connectivity index (χ1n) is 10.8. The van der Waals surface area contributed by atoms with E-state index in [2.05, 4.69) is 17.1 Å². The van der Waals surface area contributed by atoms with Gasteiger partial charge in [0.05, 0.1) is 25.9 Å². The summed E-state index contributed by atoms with van der Waals surface area (Å²) in [7, 11) is 1.66. The van der Waals surface area contributed by atoms with Gasteiger partial charge in [-0.2, -0.15) is 0 Å². The minimum absolute atomic E-state index is 0.0117. The van der Waals surface area contributed by atoms with Crippen LogP contribution < -0.4 is 19.7 Å². The summed E-state index contributed by atoms with van der Waals surface area (Å²) in [6.07, 6.45) is 2.07. The molecule has 7 nitrogen and oxygen atoms in total. The largest absolute Gasteiger partial charge is 0.495 e. The summed E-state index contributed by atoms with van der Waals surface area (Å²) >= 11 is 0. The molecule has 0 aromatic heterocycles. The number of unbranched alkanes of at least 4 members (excludes halogenated alkanes) is 1. The van der Waals surface area contributed by atoms with Crippen molar-refractivity contribution in [3.8, 4) is 11.5 Å². The molecule has 2 aromatic rings. The Morgan fingerprint density at radius 1 is 1.00 bits per heavy atom. The van der Waals surface area contributed by atoms with Crippen LogP contribution in [-0.4, -0.2) is 63.2 Å². The van der Waals surface area contributed by atoms with Crippen molar-refractivity contribution in [1.29, 1.82) is 0 Å². The number of piperazine rings is 1. The molecule has 1 saturated heterocycles. The molecule has 31 heavy (non-hydrogen) atoms. The normalized spacial score (nSPS) is 13.6. The number of amides is 2. The van der Waals surface area contributed by atoms with Gasteiger partial charge in [0.2, 0.25) is 5.91 Å². The molecule has 0 unspecified atom stereocenters. The molecule has 2 aromatic carbocycles. The number of methoxy groups -OCH3 is 1. The van der Waals surface area contributed by atoms with E-state index >= 15 is 0 Å². The van der Waals surface area contributed by atoms with Gasteiger partial charge in [-0.15, -0.1) is 0 Å². The molecule has 0 atom stereocenters. The number of nitrogens with zero attached hydrogens (tertiary/aromatic N) is 2. The molecule has 1 aliphatic rings. The summed E-state index contributed by atoms with van der Waals surface area (Å²) in [5, 5.41) is 2.72. The van der Waals surface area contributed by atoms with Crippen LogP contribution >= 0.6 is 0 Å². The van der Waals surface area contributed by atoms with Crippen LogP contribution in [0.4, 0.5) is 5.69 Å². The second-order valence-corrected chi connectivity index (χ2v) is 7.45. The number of carbonyl (C=O) groups is 2. The van der Waals surface area contributed by atoms with Crippen molar-refractivity contribution < 1.29 is 19.1 Å². The number of para-hydroxylation sites is 2. The highest BCUT2D eigenvalue weighted by atomic mass is 16.5. The Kier molecular flexibility index (Phi) is 8.15. The lowest BCUT2D eigenvalue weighted by molar-refractivity contribution is -0.130. The molecule has 1 N–H and O–H groups in total. The Labute approximate surface area is 183 Å². The second kappa shape index (κ2) is 11.2. The van der Waals surface area contributed by atoms with Crippen molar-refractivity contribution in [3.05, 3.63) is 54.1 Å². The van der Waals surface area contributed by atoms with Gasteiger partial charge in [0.1, 0.15) is 11.5 Å². The van der Waals surface area contributed by atoms with E-state index in [0.717, 1.165) is 43.1 Å². The first-order chi connectivity index (χ1) is 15.1. The van der Waals surface area contributed by atoms with Gasteiger partial charge in [0.15, 0.2) is 0 Å². The highest BCUT2D eigenvalue weighted by Gasteiger charge is 2.23. The van der Waals surface area contributed by atoms with Crippen molar-refractivity contribution >= 4 is 17.5 Å². The van der Waals surface area contributed by atoms with Crippen molar-refractivity contribution in [2.24, 2.45) is 0 Å². The maximum absolute atomic E-state index is 12.5. The molecular formula is C24H31N3O4. The molecule has 0 spiro atoms. The van der Waals surface area contributed by atoms with Gasteiger partial charge >= 0.3 is 0 Å². The summed E-state index contributed by atoms with van der Waals surface area (Å²) in [5.41, 5.74) is 1.55. The molecule has 166 valence electrons. The average Bonchev–Trinajstić information content (AvgIpc) is 2.83. The Bertz CT molecular complexity index is 861. The highest BCUT2D eigenvalue weighted by Crippen LogP contribution is 2.28. The summed E-state index contributed by atoms with van der Waals surface area (Å²) in [4.78, 5) is 28.9. The van der Waals surface area contributed by atoms with Crippen LogP contribution in [-0.2, 0) is 4.79 Å². The Morgan fingerprint density at radius 3 is 2.39 bits per heavy atom. The molecule has 1 heterocycles. The van der Waals surface area contributed by atoms with Crippen LogP contribution in [0.5, 0.6) is 11.5 Å². The third-order valence-electron chi connectivity index (χ3n) is 5.34. The molecule has 0 bridgehead atoms. The van der Waals surface area contributed by atoms with Crippen LogP contribution in [0.2, 0.25) is 0 Å². The lowest BCUT2D eigenvalue weighted by Crippen LogP contribution is -2.51. The van der Waals surface area contributed by atoms with Crippen LogP contribution in [0.1, 0.15) is 30.1 Å². The molecule has 1 aliphatic heterocycles. The first-order valence-corrected chi connectivity index (χ1v) is 10.8. The van der Waals surface area contributed by atoms with Crippen molar-refractivity contribution in [1.82, 2.24) is 10.2 Å². The first kappa shape index (κ1) is 22.5. The third kappa shape index (κ3) is 6.13. The lowest BCUT2D eigenvalue weighted by atomic mass is 10.2. The number of hydrogen-bond acceptors (Lipinski definition) is 5. The van der Waals surface area contributed by atoms with Gasteiger partial charge in [-0.25, -0.2) is 0 Å². The molecule has 0 radical (unpaired) electrons. The third-order valence-corrected chi connectivity index (χ3v) is 5.34. The predicted molar refractivity (Wildman–Crippen MR) is 121 cm³/mol. The number of rotatable bonds is 9. The Balaban J connectivity index is 1.44. The number of nitrogens with one attached hydrogen (secondary N) is 1. The second-order valence-electron chi connectivity index (χ2n) is 7.45. The van der Waals surface area contributed by atoms with E-state index < -0.39 is 0 Å².